The van der Waals surface area contributed by atoms with E-state index in [4.69, 9.17) is 37.0 Å². The van der Waals surface area contributed by atoms with Gasteiger partial charge in [-0.25, -0.2) is 9.13 Å². The lowest BCUT2D eigenvalue weighted by atomic mass is 10.0. The second-order valence-corrected chi connectivity index (χ2v) is 32.4. The predicted octanol–water partition coefficient (Wildman–Crippen LogP) is 23.0. The fourth-order valence-electron chi connectivity index (χ4n) is 12.0. The molecule has 2 unspecified atom stereocenters. The zero-order valence-corrected chi connectivity index (χ0v) is 65.3. The molecule has 0 saturated carbocycles. The summed E-state index contributed by atoms with van der Waals surface area (Å²) in [6.45, 7) is 11.8. The number of aliphatic hydroxyl groups is 1. The Balaban J connectivity index is 5.20. The van der Waals surface area contributed by atoms with E-state index in [0.717, 1.165) is 108 Å². The molecule has 0 amide bonds. The molecule has 5 atom stereocenters. The summed E-state index contributed by atoms with van der Waals surface area (Å²) in [6.07, 6.45) is 55.8. The lowest BCUT2D eigenvalue weighted by Crippen LogP contribution is -2.30. The average molecular weight is 1420 g/mol. The van der Waals surface area contributed by atoms with Crippen molar-refractivity contribution in [2.75, 3.05) is 39.6 Å². The van der Waals surface area contributed by atoms with Crippen LogP contribution in [0.4, 0.5) is 0 Å². The molecular weight excluding hydrogens is 1270 g/mol. The van der Waals surface area contributed by atoms with Gasteiger partial charge in [-0.1, -0.05) is 350 Å². The summed E-state index contributed by atoms with van der Waals surface area (Å²) in [6, 6.07) is 0. The Morgan fingerprint density at radius 2 is 0.474 bits per heavy atom. The number of rotatable bonds is 76. The van der Waals surface area contributed by atoms with E-state index in [2.05, 4.69) is 48.5 Å². The van der Waals surface area contributed by atoms with E-state index in [1.54, 1.807) is 0 Å². The first-order valence-corrected chi connectivity index (χ1v) is 43.3. The highest BCUT2D eigenvalue weighted by Crippen LogP contribution is 2.45. The molecule has 0 aromatic rings. The van der Waals surface area contributed by atoms with Gasteiger partial charge in [0.15, 0.2) is 12.2 Å². The highest BCUT2D eigenvalue weighted by Gasteiger charge is 2.30. The first kappa shape index (κ1) is 95.1. The molecule has 0 radical (unpaired) electrons. The highest BCUT2D eigenvalue weighted by molar-refractivity contribution is 7.47. The van der Waals surface area contributed by atoms with Crippen LogP contribution in [0.25, 0.3) is 0 Å². The molecule has 97 heavy (non-hydrogen) atoms. The Bertz CT molecular complexity index is 1890. The van der Waals surface area contributed by atoms with Crippen molar-refractivity contribution >= 4 is 39.5 Å². The third-order valence-electron chi connectivity index (χ3n) is 18.1. The van der Waals surface area contributed by atoms with Crippen LogP contribution in [0.15, 0.2) is 0 Å². The summed E-state index contributed by atoms with van der Waals surface area (Å²) >= 11 is 0. The molecule has 0 saturated heterocycles. The fourth-order valence-corrected chi connectivity index (χ4v) is 13.5. The molecule has 0 heterocycles. The molecule has 0 rings (SSSR count). The third-order valence-corrected chi connectivity index (χ3v) is 20.0. The monoisotopic (exact) mass is 1420 g/mol. The number of unbranched alkanes of at least 4 members (excludes halogenated alkanes) is 44. The van der Waals surface area contributed by atoms with Crippen molar-refractivity contribution < 1.29 is 80.2 Å². The number of phosphoric acid groups is 2. The van der Waals surface area contributed by atoms with Gasteiger partial charge in [-0.3, -0.25) is 37.3 Å². The van der Waals surface area contributed by atoms with Gasteiger partial charge in [0.25, 0.3) is 0 Å². The van der Waals surface area contributed by atoms with Gasteiger partial charge in [0, 0.05) is 25.7 Å². The van der Waals surface area contributed by atoms with E-state index in [1.807, 2.05) is 0 Å². The second kappa shape index (κ2) is 68.5. The van der Waals surface area contributed by atoms with Gasteiger partial charge < -0.3 is 33.8 Å². The molecule has 19 heteroatoms. The minimum atomic E-state index is -4.96. The molecule has 0 aliphatic heterocycles. The van der Waals surface area contributed by atoms with Gasteiger partial charge in [-0.15, -0.1) is 0 Å². The smallest absolute Gasteiger partial charge is 0.462 e. The minimum absolute atomic E-state index is 0.104. The lowest BCUT2D eigenvalue weighted by molar-refractivity contribution is -0.161. The number of ether oxygens (including phenoxy) is 4. The summed E-state index contributed by atoms with van der Waals surface area (Å²) in [7, 11) is -9.91. The summed E-state index contributed by atoms with van der Waals surface area (Å²) < 4.78 is 68.5. The second-order valence-electron chi connectivity index (χ2n) is 29.5. The van der Waals surface area contributed by atoms with Gasteiger partial charge in [0.05, 0.1) is 26.4 Å². The number of hydrogen-bond donors (Lipinski definition) is 3. The number of carbonyl (C=O) groups excluding carboxylic acids is 4. The van der Waals surface area contributed by atoms with E-state index in [9.17, 15) is 43.2 Å². The Morgan fingerprint density at radius 1 is 0.278 bits per heavy atom. The van der Waals surface area contributed by atoms with Crippen LogP contribution >= 0.6 is 15.6 Å². The van der Waals surface area contributed by atoms with Crippen molar-refractivity contribution in [3.63, 3.8) is 0 Å². The van der Waals surface area contributed by atoms with Crippen molar-refractivity contribution in [3.8, 4) is 0 Å². The summed E-state index contributed by atoms with van der Waals surface area (Å²) in [4.78, 5) is 72.8. The first-order valence-electron chi connectivity index (χ1n) is 40.3. The Labute approximate surface area is 594 Å². The topological polar surface area (TPSA) is 237 Å². The quantitative estimate of drug-likeness (QED) is 0.0222. The highest BCUT2D eigenvalue weighted by atomic mass is 31.2. The van der Waals surface area contributed by atoms with Crippen LogP contribution in [-0.2, 0) is 65.4 Å². The SMILES string of the molecule is CCCCCCCCCCCCCCCCCCCCCCCC(=O)O[C@H](COC(=O)CCCCCCCCCCCCCCC(C)C)COP(=O)(O)OC[C@@H](O)COP(=O)(O)OC[C@@H](COC(=O)CCCCCCCCC(C)C)OC(=O)CCCCCCCCCCCC(C)C. The molecule has 3 N–H and O–H groups in total. The number of hydrogen-bond acceptors (Lipinski definition) is 15. The van der Waals surface area contributed by atoms with Crippen LogP contribution in [0, 0.1) is 17.8 Å². The van der Waals surface area contributed by atoms with Crippen molar-refractivity contribution in [3.05, 3.63) is 0 Å². The van der Waals surface area contributed by atoms with Crippen molar-refractivity contribution in [1.29, 1.82) is 0 Å². The average Bonchev–Trinajstić information content (AvgIpc) is 1.22. The largest absolute Gasteiger partial charge is 0.472 e. The maximum Gasteiger partial charge on any atom is 0.472 e. The van der Waals surface area contributed by atoms with E-state index in [1.165, 1.54) is 205 Å². The summed E-state index contributed by atoms with van der Waals surface area (Å²) in [5, 5.41) is 10.6. The fraction of sp³-hybridized carbons (Fsp3) is 0.949. The lowest BCUT2D eigenvalue weighted by Gasteiger charge is -2.21. The zero-order chi connectivity index (χ0) is 71.6. The normalized spacial score (nSPS) is 14.0. The van der Waals surface area contributed by atoms with E-state index < -0.39 is 97.5 Å². The van der Waals surface area contributed by atoms with Crippen molar-refractivity contribution in [2.45, 2.75) is 420 Å². The molecular formula is C78H152O17P2. The standard InChI is InChI=1S/C78H152O17P2/c1-8-9-10-11-12-13-14-15-16-17-18-19-20-21-22-23-28-33-38-47-54-61-77(82)94-73(65-88-75(80)59-52-45-37-32-27-25-24-26-30-35-42-49-56-69(2)3)67-92-96(84,85)90-63-72(79)64-91-97(86,87)93-68-74(66-89-76(81)60-53-46-41-40-44-51-58-71(6)7)95-78(83)62-55-48-39-34-29-31-36-43-50-57-70(4)5/h69-74,79H,8-68H2,1-7H3,(H,84,85)(H,86,87)/t72-,73-,74-/m1/s1. The van der Waals surface area contributed by atoms with E-state index in [-0.39, 0.29) is 25.7 Å². The molecule has 576 valence electrons. The number of carbonyl (C=O) groups is 4. The zero-order valence-electron chi connectivity index (χ0n) is 63.5. The molecule has 0 fully saturated rings. The third kappa shape index (κ3) is 72.2. The number of esters is 4. The van der Waals surface area contributed by atoms with Crippen LogP contribution in [-0.4, -0.2) is 96.7 Å². The maximum absolute atomic E-state index is 13.1. The number of phosphoric ester groups is 2. The number of aliphatic hydroxyl groups excluding tert-OH is 1. The summed E-state index contributed by atoms with van der Waals surface area (Å²) in [5.41, 5.74) is 0. The van der Waals surface area contributed by atoms with Crippen LogP contribution in [0.3, 0.4) is 0 Å². The van der Waals surface area contributed by atoms with E-state index in [0.29, 0.717) is 31.6 Å². The molecule has 0 aromatic heterocycles. The Hall–Kier alpha value is -1.94. The minimum Gasteiger partial charge on any atom is -0.462 e. The summed E-state index contributed by atoms with van der Waals surface area (Å²) in [5.74, 6) is 0.0782. The molecule has 17 nitrogen and oxygen atoms in total. The van der Waals surface area contributed by atoms with Gasteiger partial charge in [-0.05, 0) is 43.4 Å². The van der Waals surface area contributed by atoms with Crippen molar-refractivity contribution in [2.24, 2.45) is 17.8 Å². The molecule has 0 spiro atoms. The molecule has 0 aromatic carbocycles. The van der Waals surface area contributed by atoms with Crippen LogP contribution < -0.4 is 0 Å². The molecule has 0 aliphatic carbocycles. The molecule has 0 bridgehead atoms. The van der Waals surface area contributed by atoms with E-state index >= 15 is 0 Å². The van der Waals surface area contributed by atoms with Gasteiger partial charge >= 0.3 is 39.5 Å². The van der Waals surface area contributed by atoms with Crippen molar-refractivity contribution in [1.82, 2.24) is 0 Å². The van der Waals surface area contributed by atoms with Gasteiger partial charge in [0.2, 0.25) is 0 Å². The first-order chi connectivity index (χ1) is 46.7. The van der Waals surface area contributed by atoms with Gasteiger partial charge in [-0.2, -0.15) is 0 Å². The van der Waals surface area contributed by atoms with Crippen LogP contribution in [0.1, 0.15) is 402 Å². The van der Waals surface area contributed by atoms with Crippen LogP contribution in [0.5, 0.6) is 0 Å². The van der Waals surface area contributed by atoms with Gasteiger partial charge in [0.1, 0.15) is 19.3 Å². The molecule has 0 aliphatic rings. The maximum atomic E-state index is 13.1. The predicted molar refractivity (Wildman–Crippen MR) is 395 cm³/mol. The Kier molecular flexibility index (Phi) is 67.1. The van der Waals surface area contributed by atoms with Crippen LogP contribution in [0.2, 0.25) is 0 Å². The Morgan fingerprint density at radius 3 is 0.701 bits per heavy atom.